The number of piperidine rings is 1. The first-order valence-electron chi connectivity index (χ1n) is 7.39. The lowest BCUT2D eigenvalue weighted by atomic mass is 9.89. The molecule has 2 aliphatic rings. The number of likely N-dealkylation sites (tertiary alicyclic amines) is 1. The third-order valence-corrected chi connectivity index (χ3v) is 4.69. The first-order chi connectivity index (χ1) is 10.0. The summed E-state index contributed by atoms with van der Waals surface area (Å²) in [6.45, 7) is 3.33. The molecule has 1 aromatic carbocycles. The van der Waals surface area contributed by atoms with Gasteiger partial charge in [-0.3, -0.25) is 0 Å². The summed E-state index contributed by atoms with van der Waals surface area (Å²) in [6.07, 6.45) is 2.25. The molecule has 1 saturated heterocycles. The maximum absolute atomic E-state index is 12.8. The lowest BCUT2D eigenvalue weighted by Gasteiger charge is -2.43. The fourth-order valence-electron chi connectivity index (χ4n) is 3.29. The van der Waals surface area contributed by atoms with Gasteiger partial charge in [0.2, 0.25) is 0 Å². The van der Waals surface area contributed by atoms with Crippen LogP contribution in [0.25, 0.3) is 0 Å². The van der Waals surface area contributed by atoms with E-state index in [2.05, 4.69) is 0 Å². The van der Waals surface area contributed by atoms with Crippen LogP contribution >= 0.6 is 0 Å². The molecule has 1 N–H and O–H groups in total. The lowest BCUT2D eigenvalue weighted by molar-refractivity contribution is -0.150. The summed E-state index contributed by atoms with van der Waals surface area (Å²) in [7, 11) is 0. The number of fused-ring (bicyclic) bond motifs is 1. The minimum atomic E-state index is -1.08. The number of amides is 2. The summed E-state index contributed by atoms with van der Waals surface area (Å²) in [4.78, 5) is 27.7. The van der Waals surface area contributed by atoms with Crippen molar-refractivity contribution in [1.82, 2.24) is 9.80 Å². The summed E-state index contributed by atoms with van der Waals surface area (Å²) in [5, 5.41) is 9.52. The van der Waals surface area contributed by atoms with Gasteiger partial charge in [-0.25, -0.2) is 9.59 Å². The zero-order valence-electron chi connectivity index (χ0n) is 12.2. The molecule has 21 heavy (non-hydrogen) atoms. The average Bonchev–Trinajstić information content (AvgIpc) is 2.91. The van der Waals surface area contributed by atoms with E-state index in [9.17, 15) is 14.7 Å². The molecule has 0 aliphatic carbocycles. The second-order valence-electron chi connectivity index (χ2n) is 6.10. The standard InChI is InChI=1S/C16H20N2O3/c1-16(14(19)20)8-4-5-9-18(16)15(21)17-10-12-6-2-3-7-13(12)11-17/h2-3,6-7H,4-5,8-11H2,1H3,(H,19,20). The van der Waals surface area contributed by atoms with Crippen LogP contribution in [0.15, 0.2) is 24.3 Å². The van der Waals surface area contributed by atoms with Crippen LogP contribution in [0.4, 0.5) is 4.79 Å². The Morgan fingerprint density at radius 1 is 1.14 bits per heavy atom. The van der Waals surface area contributed by atoms with Crippen LogP contribution in [0.3, 0.4) is 0 Å². The normalized spacial score (nSPS) is 24.8. The van der Waals surface area contributed by atoms with Crippen LogP contribution in [-0.4, -0.2) is 39.0 Å². The summed E-state index contributed by atoms with van der Waals surface area (Å²) < 4.78 is 0. The largest absolute Gasteiger partial charge is 0.480 e. The van der Waals surface area contributed by atoms with Crippen LogP contribution in [0.2, 0.25) is 0 Å². The zero-order valence-corrected chi connectivity index (χ0v) is 12.2. The van der Waals surface area contributed by atoms with Crippen molar-refractivity contribution in [3.63, 3.8) is 0 Å². The van der Waals surface area contributed by atoms with Gasteiger partial charge in [0.15, 0.2) is 0 Å². The average molecular weight is 288 g/mol. The maximum atomic E-state index is 12.8. The third-order valence-electron chi connectivity index (χ3n) is 4.69. The van der Waals surface area contributed by atoms with Crippen molar-refractivity contribution >= 4 is 12.0 Å². The molecule has 3 rings (SSSR count). The van der Waals surface area contributed by atoms with Crippen LogP contribution in [0.5, 0.6) is 0 Å². The first-order valence-corrected chi connectivity index (χ1v) is 7.39. The summed E-state index contributed by atoms with van der Waals surface area (Å²) in [5.41, 5.74) is 1.23. The number of carboxylic acid groups (broad SMARTS) is 1. The SMILES string of the molecule is CC1(C(=O)O)CCCCN1C(=O)N1Cc2ccccc2C1. The second kappa shape index (κ2) is 5.06. The predicted molar refractivity (Wildman–Crippen MR) is 77.7 cm³/mol. The molecule has 2 aliphatic heterocycles. The molecule has 2 heterocycles. The highest BCUT2D eigenvalue weighted by atomic mass is 16.4. The van der Waals surface area contributed by atoms with Crippen LogP contribution in [-0.2, 0) is 17.9 Å². The van der Waals surface area contributed by atoms with E-state index < -0.39 is 11.5 Å². The fraction of sp³-hybridized carbons (Fsp3) is 0.500. The summed E-state index contributed by atoms with van der Waals surface area (Å²) >= 11 is 0. The molecule has 0 saturated carbocycles. The maximum Gasteiger partial charge on any atom is 0.329 e. The topological polar surface area (TPSA) is 60.9 Å². The molecule has 1 atom stereocenters. The van der Waals surface area contributed by atoms with Crippen molar-refractivity contribution < 1.29 is 14.7 Å². The smallest absolute Gasteiger partial charge is 0.329 e. The molecule has 2 amide bonds. The van der Waals surface area contributed by atoms with E-state index >= 15 is 0 Å². The van der Waals surface area contributed by atoms with E-state index in [1.165, 1.54) is 0 Å². The van der Waals surface area contributed by atoms with Gasteiger partial charge in [-0.1, -0.05) is 24.3 Å². The van der Waals surface area contributed by atoms with Crippen molar-refractivity contribution in [2.24, 2.45) is 0 Å². The van der Waals surface area contributed by atoms with E-state index in [1.54, 1.807) is 16.7 Å². The molecule has 1 aromatic rings. The molecule has 0 radical (unpaired) electrons. The highest BCUT2D eigenvalue weighted by Gasteiger charge is 2.45. The van der Waals surface area contributed by atoms with Crippen LogP contribution in [0, 0.1) is 0 Å². The molecule has 112 valence electrons. The fourth-order valence-corrected chi connectivity index (χ4v) is 3.29. The van der Waals surface area contributed by atoms with E-state index in [4.69, 9.17) is 0 Å². The number of carbonyl (C=O) groups is 2. The van der Waals surface area contributed by atoms with Crippen molar-refractivity contribution in [2.45, 2.75) is 44.8 Å². The summed E-state index contributed by atoms with van der Waals surface area (Å²) in [6, 6.07) is 7.82. The number of carboxylic acids is 1. The minimum Gasteiger partial charge on any atom is -0.480 e. The van der Waals surface area contributed by atoms with Gasteiger partial charge in [-0.15, -0.1) is 0 Å². The monoisotopic (exact) mass is 288 g/mol. The van der Waals surface area contributed by atoms with Crippen molar-refractivity contribution in [2.75, 3.05) is 6.54 Å². The first kappa shape index (κ1) is 13.9. The molecule has 0 spiro atoms. The zero-order chi connectivity index (χ0) is 15.0. The number of urea groups is 1. The Bertz CT molecular complexity index is 562. The van der Waals surface area contributed by atoms with E-state index in [0.29, 0.717) is 26.1 Å². The van der Waals surface area contributed by atoms with E-state index in [0.717, 1.165) is 24.0 Å². The second-order valence-corrected chi connectivity index (χ2v) is 6.10. The van der Waals surface area contributed by atoms with Gasteiger partial charge in [-0.2, -0.15) is 0 Å². The van der Waals surface area contributed by atoms with Crippen molar-refractivity contribution in [3.8, 4) is 0 Å². The van der Waals surface area contributed by atoms with E-state index in [1.807, 2.05) is 24.3 Å². The van der Waals surface area contributed by atoms with Gasteiger partial charge < -0.3 is 14.9 Å². The number of hydrogen-bond acceptors (Lipinski definition) is 2. The molecule has 0 aromatic heterocycles. The number of aliphatic carboxylic acids is 1. The Morgan fingerprint density at radius 2 is 1.76 bits per heavy atom. The van der Waals surface area contributed by atoms with Crippen LogP contribution in [0.1, 0.15) is 37.3 Å². The van der Waals surface area contributed by atoms with Crippen molar-refractivity contribution in [3.05, 3.63) is 35.4 Å². The van der Waals surface area contributed by atoms with Gasteiger partial charge in [0.1, 0.15) is 5.54 Å². The molecule has 1 unspecified atom stereocenters. The van der Waals surface area contributed by atoms with Crippen molar-refractivity contribution in [1.29, 1.82) is 0 Å². The number of carbonyl (C=O) groups excluding carboxylic acids is 1. The molecule has 5 nitrogen and oxygen atoms in total. The Balaban J connectivity index is 1.81. The molecule has 5 heteroatoms. The third kappa shape index (κ3) is 2.26. The number of hydrogen-bond donors (Lipinski definition) is 1. The highest BCUT2D eigenvalue weighted by molar-refractivity contribution is 5.86. The predicted octanol–water partition coefficient (Wildman–Crippen LogP) is 2.45. The van der Waals surface area contributed by atoms with Gasteiger partial charge >= 0.3 is 12.0 Å². The number of rotatable bonds is 1. The minimum absolute atomic E-state index is 0.157. The lowest BCUT2D eigenvalue weighted by Crippen LogP contribution is -2.60. The Hall–Kier alpha value is -2.04. The quantitative estimate of drug-likeness (QED) is 0.863. The molecule has 0 bridgehead atoms. The van der Waals surface area contributed by atoms with Gasteiger partial charge in [0.05, 0.1) is 0 Å². The molecular weight excluding hydrogens is 268 g/mol. The number of benzene rings is 1. The Morgan fingerprint density at radius 3 is 2.33 bits per heavy atom. The van der Waals surface area contributed by atoms with Gasteiger partial charge in [0.25, 0.3) is 0 Å². The highest BCUT2D eigenvalue weighted by Crippen LogP contribution is 2.31. The Kier molecular flexibility index (Phi) is 3.35. The van der Waals surface area contributed by atoms with E-state index in [-0.39, 0.29) is 6.03 Å². The molecular formula is C16H20N2O3. The number of nitrogens with zero attached hydrogens (tertiary/aromatic N) is 2. The van der Waals surface area contributed by atoms with Crippen LogP contribution < -0.4 is 0 Å². The Labute approximate surface area is 124 Å². The van der Waals surface area contributed by atoms with Gasteiger partial charge in [0, 0.05) is 19.6 Å². The summed E-state index contributed by atoms with van der Waals surface area (Å²) in [5.74, 6) is -0.910. The van der Waals surface area contributed by atoms with Gasteiger partial charge in [-0.05, 0) is 37.3 Å². The molecule has 1 fully saturated rings.